The summed E-state index contributed by atoms with van der Waals surface area (Å²) in [6.07, 6.45) is 6.15. The summed E-state index contributed by atoms with van der Waals surface area (Å²) >= 11 is 0. The van der Waals surface area contributed by atoms with E-state index in [0.717, 1.165) is 18.3 Å². The van der Waals surface area contributed by atoms with Gasteiger partial charge in [-0.15, -0.1) is 0 Å². The predicted molar refractivity (Wildman–Crippen MR) is 73.2 cm³/mol. The van der Waals surface area contributed by atoms with Crippen LogP contribution < -0.4 is 5.56 Å². The van der Waals surface area contributed by atoms with Gasteiger partial charge in [0.2, 0.25) is 0 Å². The molecule has 0 atom stereocenters. The Bertz CT molecular complexity index is 646. The molecule has 0 aliphatic carbocycles. The molecule has 2 aromatic heterocycles. The SMILES string of the molecule is CCN(Cc1cnn(CC)c1)C(=O)c1cncc(=O)[nH]1. The molecule has 0 saturated carbocycles. The van der Waals surface area contributed by atoms with Gasteiger partial charge in [0.1, 0.15) is 5.69 Å². The monoisotopic (exact) mass is 275 g/mol. The Balaban J connectivity index is 2.15. The van der Waals surface area contributed by atoms with Crippen molar-refractivity contribution in [2.24, 2.45) is 0 Å². The molecule has 0 unspecified atom stereocenters. The van der Waals surface area contributed by atoms with Crippen molar-refractivity contribution in [1.29, 1.82) is 0 Å². The second-order valence-corrected chi connectivity index (χ2v) is 4.33. The largest absolute Gasteiger partial charge is 0.333 e. The number of hydrogen-bond donors (Lipinski definition) is 1. The van der Waals surface area contributed by atoms with Crippen LogP contribution in [-0.2, 0) is 13.1 Å². The van der Waals surface area contributed by atoms with Crippen molar-refractivity contribution in [2.75, 3.05) is 6.54 Å². The van der Waals surface area contributed by atoms with Crippen molar-refractivity contribution in [3.8, 4) is 0 Å². The molecule has 0 radical (unpaired) electrons. The van der Waals surface area contributed by atoms with Crippen molar-refractivity contribution >= 4 is 5.91 Å². The first-order valence-corrected chi connectivity index (χ1v) is 6.49. The highest BCUT2D eigenvalue weighted by molar-refractivity contribution is 5.91. The molecule has 2 aromatic rings. The average molecular weight is 275 g/mol. The molecular formula is C13H17N5O2. The molecule has 0 aromatic carbocycles. The van der Waals surface area contributed by atoms with Gasteiger partial charge in [-0.25, -0.2) is 0 Å². The molecular weight excluding hydrogens is 258 g/mol. The van der Waals surface area contributed by atoms with E-state index < -0.39 is 0 Å². The number of carbonyl (C=O) groups is 1. The van der Waals surface area contributed by atoms with E-state index >= 15 is 0 Å². The summed E-state index contributed by atoms with van der Waals surface area (Å²) in [6.45, 7) is 5.66. The Hall–Kier alpha value is -2.44. The van der Waals surface area contributed by atoms with Crippen LogP contribution in [0.4, 0.5) is 0 Å². The lowest BCUT2D eigenvalue weighted by Crippen LogP contribution is -2.32. The maximum atomic E-state index is 12.3. The molecule has 0 fully saturated rings. The van der Waals surface area contributed by atoms with Crippen LogP contribution in [0.3, 0.4) is 0 Å². The van der Waals surface area contributed by atoms with E-state index in [9.17, 15) is 9.59 Å². The number of aromatic amines is 1. The Morgan fingerprint density at radius 2 is 2.15 bits per heavy atom. The number of amides is 1. The number of aryl methyl sites for hydroxylation is 1. The van der Waals surface area contributed by atoms with Gasteiger partial charge in [-0.2, -0.15) is 5.10 Å². The van der Waals surface area contributed by atoms with E-state index in [-0.39, 0.29) is 17.2 Å². The molecule has 0 aliphatic rings. The van der Waals surface area contributed by atoms with Gasteiger partial charge in [-0.1, -0.05) is 0 Å². The lowest BCUT2D eigenvalue weighted by Gasteiger charge is -2.19. The lowest BCUT2D eigenvalue weighted by atomic mass is 10.3. The maximum Gasteiger partial charge on any atom is 0.272 e. The molecule has 2 rings (SSSR count). The van der Waals surface area contributed by atoms with Gasteiger partial charge in [0.05, 0.1) is 18.6 Å². The van der Waals surface area contributed by atoms with Crippen molar-refractivity contribution in [1.82, 2.24) is 24.6 Å². The van der Waals surface area contributed by atoms with Crippen LogP contribution in [0.2, 0.25) is 0 Å². The Morgan fingerprint density at radius 1 is 1.35 bits per heavy atom. The van der Waals surface area contributed by atoms with Crippen LogP contribution in [0, 0.1) is 0 Å². The van der Waals surface area contributed by atoms with Gasteiger partial charge < -0.3 is 9.88 Å². The smallest absolute Gasteiger partial charge is 0.272 e. The van der Waals surface area contributed by atoms with Gasteiger partial charge in [-0.3, -0.25) is 19.3 Å². The van der Waals surface area contributed by atoms with Gasteiger partial charge in [0.15, 0.2) is 0 Å². The van der Waals surface area contributed by atoms with Gasteiger partial charge in [0, 0.05) is 31.4 Å². The number of rotatable bonds is 5. The number of H-pyrrole nitrogens is 1. The third kappa shape index (κ3) is 3.11. The first-order valence-electron chi connectivity index (χ1n) is 6.49. The molecule has 0 aliphatic heterocycles. The van der Waals surface area contributed by atoms with Crippen LogP contribution in [0.1, 0.15) is 29.9 Å². The molecule has 0 saturated heterocycles. The zero-order valence-corrected chi connectivity index (χ0v) is 11.5. The molecule has 7 nitrogen and oxygen atoms in total. The number of hydrogen-bond acceptors (Lipinski definition) is 4. The van der Waals surface area contributed by atoms with Gasteiger partial charge in [-0.05, 0) is 13.8 Å². The normalized spacial score (nSPS) is 10.5. The highest BCUT2D eigenvalue weighted by Gasteiger charge is 2.16. The first-order chi connectivity index (χ1) is 9.63. The summed E-state index contributed by atoms with van der Waals surface area (Å²) in [5, 5.41) is 4.18. The van der Waals surface area contributed by atoms with Crippen molar-refractivity contribution in [3.63, 3.8) is 0 Å². The minimum absolute atomic E-state index is 0.197. The van der Waals surface area contributed by atoms with E-state index in [2.05, 4.69) is 15.1 Å². The third-order valence-electron chi connectivity index (χ3n) is 2.94. The summed E-state index contributed by atoms with van der Waals surface area (Å²) in [5.41, 5.74) is 0.765. The first kappa shape index (κ1) is 14.0. The molecule has 1 amide bonds. The van der Waals surface area contributed by atoms with E-state index in [1.165, 1.54) is 6.20 Å². The fraction of sp³-hybridized carbons (Fsp3) is 0.385. The summed E-state index contributed by atoms with van der Waals surface area (Å²) < 4.78 is 1.81. The zero-order chi connectivity index (χ0) is 14.5. The quantitative estimate of drug-likeness (QED) is 0.868. The molecule has 2 heterocycles. The molecule has 0 spiro atoms. The minimum Gasteiger partial charge on any atom is -0.333 e. The molecule has 106 valence electrons. The Kier molecular flexibility index (Phi) is 4.29. The molecule has 0 bridgehead atoms. The molecule has 20 heavy (non-hydrogen) atoms. The number of nitrogens with zero attached hydrogens (tertiary/aromatic N) is 4. The average Bonchev–Trinajstić information content (AvgIpc) is 2.91. The van der Waals surface area contributed by atoms with Gasteiger partial charge in [0.25, 0.3) is 11.5 Å². The number of nitrogens with one attached hydrogen (secondary N) is 1. The third-order valence-corrected chi connectivity index (χ3v) is 2.94. The van der Waals surface area contributed by atoms with E-state index in [0.29, 0.717) is 13.1 Å². The maximum absolute atomic E-state index is 12.3. The fourth-order valence-electron chi connectivity index (χ4n) is 1.86. The standard InChI is InChI=1S/C13H17N5O2/c1-3-17(8-10-5-15-18(4-2)9-10)13(20)11-6-14-7-12(19)16-11/h5-7,9H,3-4,8H2,1-2H3,(H,16,19). The molecule has 1 N–H and O–H groups in total. The highest BCUT2D eigenvalue weighted by Crippen LogP contribution is 2.07. The second kappa shape index (κ2) is 6.14. The topological polar surface area (TPSA) is 83.9 Å². The van der Waals surface area contributed by atoms with Crippen LogP contribution in [0.15, 0.2) is 29.6 Å². The Labute approximate surface area is 116 Å². The second-order valence-electron chi connectivity index (χ2n) is 4.33. The predicted octanol–water partition coefficient (Wildman–Crippen LogP) is 0.649. The van der Waals surface area contributed by atoms with Crippen LogP contribution in [-0.4, -0.2) is 37.1 Å². The van der Waals surface area contributed by atoms with Gasteiger partial charge >= 0.3 is 0 Å². The number of aromatic nitrogens is 4. The highest BCUT2D eigenvalue weighted by atomic mass is 16.2. The summed E-state index contributed by atoms with van der Waals surface area (Å²) in [4.78, 5) is 31.4. The van der Waals surface area contributed by atoms with Crippen molar-refractivity contribution < 1.29 is 4.79 Å². The summed E-state index contributed by atoms with van der Waals surface area (Å²) in [6, 6.07) is 0. The molecule has 7 heteroatoms. The fourth-order valence-corrected chi connectivity index (χ4v) is 1.86. The summed E-state index contributed by atoms with van der Waals surface area (Å²) in [5.74, 6) is -0.248. The van der Waals surface area contributed by atoms with E-state index in [1.807, 2.05) is 20.0 Å². The van der Waals surface area contributed by atoms with Crippen molar-refractivity contribution in [3.05, 3.63) is 46.4 Å². The Morgan fingerprint density at radius 3 is 2.75 bits per heavy atom. The van der Waals surface area contributed by atoms with Crippen LogP contribution >= 0.6 is 0 Å². The van der Waals surface area contributed by atoms with E-state index in [1.54, 1.807) is 15.8 Å². The van der Waals surface area contributed by atoms with Crippen molar-refractivity contribution in [2.45, 2.75) is 26.9 Å². The minimum atomic E-state index is -0.384. The zero-order valence-electron chi connectivity index (χ0n) is 11.5. The number of carbonyl (C=O) groups excluding carboxylic acids is 1. The van der Waals surface area contributed by atoms with Crippen LogP contribution in [0.25, 0.3) is 0 Å². The van der Waals surface area contributed by atoms with E-state index in [4.69, 9.17) is 0 Å². The van der Waals surface area contributed by atoms with Crippen LogP contribution in [0.5, 0.6) is 0 Å². The lowest BCUT2D eigenvalue weighted by molar-refractivity contribution is 0.0746. The summed E-state index contributed by atoms with van der Waals surface area (Å²) in [7, 11) is 0.